The highest BCUT2D eigenvalue weighted by molar-refractivity contribution is 6.06. The van der Waals surface area contributed by atoms with E-state index in [4.69, 9.17) is 9.47 Å². The lowest BCUT2D eigenvalue weighted by atomic mass is 10.0. The Balaban J connectivity index is 1.55. The van der Waals surface area contributed by atoms with E-state index >= 15 is 0 Å². The molecule has 2 aromatic carbocycles. The number of fused-ring (bicyclic) bond motifs is 1. The van der Waals surface area contributed by atoms with Crippen molar-refractivity contribution >= 4 is 29.5 Å². The third-order valence-corrected chi connectivity index (χ3v) is 5.81. The molecule has 1 fully saturated rings. The van der Waals surface area contributed by atoms with Crippen LogP contribution < -0.4 is 24.4 Å². The first-order chi connectivity index (χ1) is 17.1. The molecule has 4 rings (SSSR count). The van der Waals surface area contributed by atoms with E-state index in [-0.39, 0.29) is 42.1 Å². The average Bonchev–Trinajstić information content (AvgIpc) is 3.15. The number of ether oxygens (including phenoxy) is 3. The van der Waals surface area contributed by atoms with E-state index in [0.717, 1.165) is 17.0 Å². The number of anilines is 1. The molecule has 1 atom stereocenters. The molecule has 1 saturated heterocycles. The van der Waals surface area contributed by atoms with Crippen LogP contribution in [-0.4, -0.2) is 55.5 Å². The smallest absolute Gasteiger partial charge is 0.419 e. The topological polar surface area (TPSA) is 114 Å². The molecule has 13 heteroatoms. The number of imide groups is 1. The number of alkyl halides is 2. The van der Waals surface area contributed by atoms with Crippen LogP contribution in [0, 0.1) is 5.82 Å². The van der Waals surface area contributed by atoms with Crippen LogP contribution in [0.1, 0.15) is 28.8 Å². The van der Waals surface area contributed by atoms with E-state index in [2.05, 4.69) is 10.1 Å². The van der Waals surface area contributed by atoms with Gasteiger partial charge < -0.3 is 19.1 Å². The van der Waals surface area contributed by atoms with Crippen molar-refractivity contribution < 1.29 is 46.6 Å². The highest BCUT2D eigenvalue weighted by Crippen LogP contribution is 2.37. The van der Waals surface area contributed by atoms with Gasteiger partial charge in [-0.2, -0.15) is 8.78 Å². The molecule has 36 heavy (non-hydrogen) atoms. The van der Waals surface area contributed by atoms with Crippen molar-refractivity contribution in [2.45, 2.75) is 32.0 Å². The molecular formula is C23H20F3N3O7. The summed E-state index contributed by atoms with van der Waals surface area (Å²) >= 11 is 0. The Hall–Kier alpha value is -4.29. The number of hydrogen-bond donors (Lipinski definition) is 1. The van der Waals surface area contributed by atoms with Crippen molar-refractivity contribution in [1.29, 1.82) is 0 Å². The summed E-state index contributed by atoms with van der Waals surface area (Å²) in [6.07, 6.45) is -0.705. The minimum Gasteiger partial charge on any atom is -0.496 e. The molecular weight excluding hydrogens is 487 g/mol. The van der Waals surface area contributed by atoms with E-state index < -0.39 is 48.0 Å². The van der Waals surface area contributed by atoms with E-state index in [0.29, 0.717) is 5.56 Å². The summed E-state index contributed by atoms with van der Waals surface area (Å²) in [4.78, 5) is 51.7. The summed E-state index contributed by atoms with van der Waals surface area (Å²) in [5, 5.41) is 2.21. The molecule has 2 aliphatic heterocycles. The molecule has 0 spiro atoms. The molecule has 0 saturated carbocycles. The maximum absolute atomic E-state index is 13.7. The highest BCUT2D eigenvalue weighted by Gasteiger charge is 2.40. The summed E-state index contributed by atoms with van der Waals surface area (Å²) < 4.78 is 53.5. The quantitative estimate of drug-likeness (QED) is 0.598. The van der Waals surface area contributed by atoms with Crippen LogP contribution in [0.2, 0.25) is 0 Å². The largest absolute Gasteiger partial charge is 0.496 e. The number of amides is 4. The Morgan fingerprint density at radius 1 is 1.17 bits per heavy atom. The van der Waals surface area contributed by atoms with Gasteiger partial charge in [0.2, 0.25) is 11.8 Å². The third-order valence-electron chi connectivity index (χ3n) is 5.81. The number of nitrogens with zero attached hydrogens (tertiary/aromatic N) is 2. The van der Waals surface area contributed by atoms with Gasteiger partial charge in [-0.1, -0.05) is 0 Å². The van der Waals surface area contributed by atoms with Gasteiger partial charge in [0.15, 0.2) is 11.6 Å². The zero-order valence-electron chi connectivity index (χ0n) is 19.0. The lowest BCUT2D eigenvalue weighted by Gasteiger charge is -2.29. The second kappa shape index (κ2) is 9.76. The number of methoxy groups -OCH3 is 1. The van der Waals surface area contributed by atoms with Crippen LogP contribution in [0.4, 0.5) is 23.7 Å². The monoisotopic (exact) mass is 507 g/mol. The average molecular weight is 507 g/mol. The number of rotatable bonds is 6. The number of nitrogens with one attached hydrogen (secondary N) is 1. The van der Waals surface area contributed by atoms with Gasteiger partial charge in [0.25, 0.3) is 5.91 Å². The fourth-order valence-corrected chi connectivity index (χ4v) is 4.00. The van der Waals surface area contributed by atoms with Gasteiger partial charge >= 0.3 is 12.7 Å². The summed E-state index contributed by atoms with van der Waals surface area (Å²) in [5.74, 6) is -3.11. The van der Waals surface area contributed by atoms with Crippen molar-refractivity contribution in [3.8, 4) is 17.2 Å². The van der Waals surface area contributed by atoms with E-state index in [1.54, 1.807) is 0 Å². The molecule has 190 valence electrons. The fraction of sp³-hybridized carbons (Fsp3) is 0.304. The SMILES string of the molecule is COc1cc(OC(=O)N(C)c2ccc(F)c(OC(F)F)c2)cc2c1CN(C1CCC(=O)NC1=O)C2=O. The van der Waals surface area contributed by atoms with Crippen molar-refractivity contribution in [3.63, 3.8) is 0 Å². The predicted octanol–water partition coefficient (Wildman–Crippen LogP) is 2.83. The minimum absolute atomic E-state index is 0.00489. The number of benzene rings is 2. The Kier molecular flexibility index (Phi) is 6.73. The normalized spacial score (nSPS) is 17.1. The molecule has 1 unspecified atom stereocenters. The fourth-order valence-electron chi connectivity index (χ4n) is 4.00. The van der Waals surface area contributed by atoms with Gasteiger partial charge in [-0.05, 0) is 24.6 Å². The first-order valence-electron chi connectivity index (χ1n) is 10.6. The van der Waals surface area contributed by atoms with Crippen LogP contribution in [0.5, 0.6) is 17.2 Å². The first-order valence-corrected chi connectivity index (χ1v) is 10.6. The van der Waals surface area contributed by atoms with Crippen LogP contribution in [-0.2, 0) is 16.1 Å². The van der Waals surface area contributed by atoms with Gasteiger partial charge in [0, 0.05) is 31.2 Å². The molecule has 0 aromatic heterocycles. The Morgan fingerprint density at radius 2 is 1.92 bits per heavy atom. The van der Waals surface area contributed by atoms with Crippen LogP contribution >= 0.6 is 0 Å². The van der Waals surface area contributed by atoms with E-state index in [9.17, 15) is 32.3 Å². The molecule has 2 aromatic rings. The van der Waals surface area contributed by atoms with E-state index in [1.807, 2.05) is 0 Å². The molecule has 1 N–H and O–H groups in total. The molecule has 4 amide bonds. The number of carbonyl (C=O) groups is 4. The van der Waals surface area contributed by atoms with Crippen molar-refractivity contribution in [2.24, 2.45) is 0 Å². The lowest BCUT2D eigenvalue weighted by Crippen LogP contribution is -2.52. The van der Waals surface area contributed by atoms with Gasteiger partial charge in [-0.3, -0.25) is 24.6 Å². The third kappa shape index (κ3) is 4.76. The summed E-state index contributed by atoms with van der Waals surface area (Å²) in [5.41, 5.74) is 0.636. The van der Waals surface area contributed by atoms with Gasteiger partial charge in [-0.15, -0.1) is 0 Å². The van der Waals surface area contributed by atoms with Crippen LogP contribution in [0.15, 0.2) is 30.3 Å². The van der Waals surface area contributed by atoms with Crippen LogP contribution in [0.3, 0.4) is 0 Å². The molecule has 2 aliphatic rings. The van der Waals surface area contributed by atoms with Crippen molar-refractivity contribution in [3.05, 3.63) is 47.3 Å². The Bertz CT molecular complexity index is 1250. The summed E-state index contributed by atoms with van der Waals surface area (Å²) in [6.45, 7) is -3.21. The predicted molar refractivity (Wildman–Crippen MR) is 116 cm³/mol. The summed E-state index contributed by atoms with van der Waals surface area (Å²) in [6, 6.07) is 4.78. The van der Waals surface area contributed by atoms with E-state index in [1.165, 1.54) is 37.3 Å². The zero-order valence-corrected chi connectivity index (χ0v) is 19.0. The lowest BCUT2D eigenvalue weighted by molar-refractivity contribution is -0.136. The number of halogens is 3. The van der Waals surface area contributed by atoms with Crippen LogP contribution in [0.25, 0.3) is 0 Å². The van der Waals surface area contributed by atoms with Gasteiger partial charge in [0.1, 0.15) is 17.5 Å². The molecule has 2 heterocycles. The molecule has 0 radical (unpaired) electrons. The molecule has 0 aliphatic carbocycles. The first kappa shape index (κ1) is 24.8. The minimum atomic E-state index is -3.26. The second-order valence-electron chi connectivity index (χ2n) is 7.97. The number of hydrogen-bond acceptors (Lipinski definition) is 7. The van der Waals surface area contributed by atoms with Crippen molar-refractivity contribution in [1.82, 2.24) is 10.2 Å². The number of piperidine rings is 1. The van der Waals surface area contributed by atoms with Crippen molar-refractivity contribution in [2.75, 3.05) is 19.1 Å². The Morgan fingerprint density at radius 3 is 2.58 bits per heavy atom. The Labute approximate surface area is 202 Å². The van der Waals surface area contributed by atoms with Gasteiger partial charge in [0.05, 0.1) is 24.9 Å². The van der Waals surface area contributed by atoms with Gasteiger partial charge in [-0.25, -0.2) is 9.18 Å². The summed E-state index contributed by atoms with van der Waals surface area (Å²) in [7, 11) is 2.62. The number of carbonyl (C=O) groups excluding carboxylic acids is 4. The highest BCUT2D eigenvalue weighted by atomic mass is 19.3. The maximum Gasteiger partial charge on any atom is 0.419 e. The maximum atomic E-state index is 13.7. The standard InChI is InChI=1S/C23H20F3N3O7/c1-28(11-3-4-15(24)18(7-11)36-22(25)26)23(33)35-12-8-13-14(17(9-12)34-2)10-29(21(13)32)16-5-6-19(30)27-20(16)31/h3-4,7-9,16,22H,5-6,10H2,1-2H3,(H,27,30,31). The zero-order chi connectivity index (χ0) is 26.1. The second-order valence-corrected chi connectivity index (χ2v) is 7.97. The molecule has 10 nitrogen and oxygen atoms in total. The molecule has 0 bridgehead atoms.